The number of hydrogen-bond acceptors (Lipinski definition) is 1. The topological polar surface area (TPSA) is 17.1 Å². The predicted octanol–water partition coefficient (Wildman–Crippen LogP) is 0.816. The molecular weight excluding hydrogens is 126 g/mol. The van der Waals surface area contributed by atoms with E-state index in [1.54, 1.807) is 6.92 Å². The maximum absolute atomic E-state index is 10.8. The number of likely N-dealkylation sites (tertiary alicyclic amines) is 1. The minimum Gasteiger partial charge on any atom is -0.320 e. The van der Waals surface area contributed by atoms with Crippen LogP contribution < -0.4 is 0 Å². The summed E-state index contributed by atoms with van der Waals surface area (Å²) in [6.07, 6.45) is 2.59. The van der Waals surface area contributed by atoms with Gasteiger partial charge in [0.25, 0.3) is 0 Å². The van der Waals surface area contributed by atoms with Crippen molar-refractivity contribution in [3.05, 3.63) is 0 Å². The quantitative estimate of drug-likeness (QED) is 0.522. The molecule has 0 aliphatic carbocycles. The molecule has 0 radical (unpaired) electrons. The van der Waals surface area contributed by atoms with E-state index in [0.717, 1.165) is 11.0 Å². The molecular formula is C8H16NO+. The van der Waals surface area contributed by atoms with Crippen LogP contribution in [-0.2, 0) is 4.79 Å². The van der Waals surface area contributed by atoms with Gasteiger partial charge in [-0.3, -0.25) is 4.79 Å². The van der Waals surface area contributed by atoms with Gasteiger partial charge in [0.2, 0.25) is 0 Å². The highest BCUT2D eigenvalue weighted by Crippen LogP contribution is 2.15. The van der Waals surface area contributed by atoms with Crippen molar-refractivity contribution in [3.8, 4) is 0 Å². The van der Waals surface area contributed by atoms with Crippen LogP contribution in [0.15, 0.2) is 0 Å². The van der Waals surface area contributed by atoms with Gasteiger partial charge in [-0.2, -0.15) is 0 Å². The van der Waals surface area contributed by atoms with Gasteiger partial charge in [0.15, 0.2) is 5.78 Å². The Morgan fingerprint density at radius 3 is 2.30 bits per heavy atom. The van der Waals surface area contributed by atoms with Crippen LogP contribution in [0.4, 0.5) is 0 Å². The number of quaternary nitrogens is 1. The largest absolute Gasteiger partial charge is 0.320 e. The summed E-state index contributed by atoms with van der Waals surface area (Å²) in [6, 6.07) is 0. The molecule has 58 valence electrons. The lowest BCUT2D eigenvalue weighted by molar-refractivity contribution is -0.889. The SMILES string of the molecule is CC(=O)C[N+]1(C)CCCC1. The van der Waals surface area contributed by atoms with E-state index in [1.807, 2.05) is 0 Å². The summed E-state index contributed by atoms with van der Waals surface area (Å²) in [5.41, 5.74) is 0. The fourth-order valence-electron chi connectivity index (χ4n) is 1.79. The molecule has 0 spiro atoms. The lowest BCUT2D eigenvalue weighted by Crippen LogP contribution is -2.44. The lowest BCUT2D eigenvalue weighted by atomic mass is 10.3. The van der Waals surface area contributed by atoms with Gasteiger partial charge >= 0.3 is 0 Å². The molecule has 1 aliphatic rings. The molecule has 0 saturated carbocycles. The van der Waals surface area contributed by atoms with E-state index in [1.165, 1.54) is 25.9 Å². The highest BCUT2D eigenvalue weighted by molar-refractivity contribution is 5.76. The van der Waals surface area contributed by atoms with E-state index in [9.17, 15) is 4.79 Å². The molecule has 0 amide bonds. The number of likely N-dealkylation sites (N-methyl/N-ethyl adjacent to an activating group) is 1. The minimum atomic E-state index is 0.324. The maximum Gasteiger partial charge on any atom is 0.183 e. The maximum atomic E-state index is 10.8. The monoisotopic (exact) mass is 142 g/mol. The molecule has 0 N–H and O–H groups in total. The van der Waals surface area contributed by atoms with Crippen LogP contribution >= 0.6 is 0 Å². The molecule has 0 bridgehead atoms. The average Bonchev–Trinajstić information content (AvgIpc) is 2.12. The fraction of sp³-hybridized carbons (Fsp3) is 0.875. The van der Waals surface area contributed by atoms with Gasteiger partial charge in [-0.25, -0.2) is 0 Å². The Hall–Kier alpha value is -0.370. The van der Waals surface area contributed by atoms with E-state index >= 15 is 0 Å². The van der Waals surface area contributed by atoms with Gasteiger partial charge in [0.05, 0.1) is 20.1 Å². The minimum absolute atomic E-state index is 0.324. The predicted molar refractivity (Wildman–Crippen MR) is 40.7 cm³/mol. The Morgan fingerprint density at radius 1 is 1.40 bits per heavy atom. The van der Waals surface area contributed by atoms with Crippen molar-refractivity contribution >= 4 is 5.78 Å². The smallest absolute Gasteiger partial charge is 0.183 e. The Labute approximate surface area is 62.4 Å². The normalized spacial score (nSPS) is 23.0. The third kappa shape index (κ3) is 1.81. The Balaban J connectivity index is 2.43. The fourth-order valence-corrected chi connectivity index (χ4v) is 1.79. The van der Waals surface area contributed by atoms with E-state index in [-0.39, 0.29) is 0 Å². The standard InChI is InChI=1S/C8H16NO/c1-8(10)7-9(2)5-3-4-6-9/h3-7H2,1-2H3/q+1. The molecule has 2 heteroatoms. The first-order valence-electron chi connectivity index (χ1n) is 3.95. The highest BCUT2D eigenvalue weighted by Gasteiger charge is 2.27. The number of Topliss-reactive ketones (excluding diaryl/α,β-unsaturated/α-hetero) is 1. The van der Waals surface area contributed by atoms with E-state index in [0.29, 0.717) is 5.78 Å². The number of hydrogen-bond donors (Lipinski definition) is 0. The summed E-state index contributed by atoms with van der Waals surface area (Å²) >= 11 is 0. The molecule has 0 unspecified atom stereocenters. The third-order valence-electron chi connectivity index (χ3n) is 2.25. The van der Waals surface area contributed by atoms with Gasteiger partial charge in [-0.15, -0.1) is 0 Å². The van der Waals surface area contributed by atoms with Crippen molar-refractivity contribution in [2.75, 3.05) is 26.7 Å². The van der Waals surface area contributed by atoms with E-state index in [4.69, 9.17) is 0 Å². The van der Waals surface area contributed by atoms with Gasteiger partial charge in [0.1, 0.15) is 6.54 Å². The van der Waals surface area contributed by atoms with Crippen LogP contribution in [0, 0.1) is 0 Å². The zero-order chi connectivity index (χ0) is 7.61. The van der Waals surface area contributed by atoms with Crippen LogP contribution in [-0.4, -0.2) is 36.9 Å². The first-order valence-corrected chi connectivity index (χ1v) is 3.95. The summed E-state index contributed by atoms with van der Waals surface area (Å²) in [5.74, 6) is 0.324. The van der Waals surface area contributed by atoms with E-state index in [2.05, 4.69) is 7.05 Å². The first kappa shape index (κ1) is 7.73. The molecule has 1 aliphatic heterocycles. The van der Waals surface area contributed by atoms with Gasteiger partial charge in [-0.05, 0) is 0 Å². The highest BCUT2D eigenvalue weighted by atomic mass is 16.1. The van der Waals surface area contributed by atoms with Crippen LogP contribution in [0.3, 0.4) is 0 Å². The van der Waals surface area contributed by atoms with Crippen LogP contribution in [0.25, 0.3) is 0 Å². The van der Waals surface area contributed by atoms with Gasteiger partial charge in [0, 0.05) is 19.8 Å². The molecule has 1 rings (SSSR count). The van der Waals surface area contributed by atoms with Crippen molar-refractivity contribution in [3.63, 3.8) is 0 Å². The summed E-state index contributed by atoms with van der Waals surface area (Å²) in [6.45, 7) is 4.81. The number of carbonyl (C=O) groups is 1. The van der Waals surface area contributed by atoms with Crippen molar-refractivity contribution in [1.29, 1.82) is 0 Å². The summed E-state index contributed by atoms with van der Waals surface area (Å²) in [5, 5.41) is 0. The molecule has 2 nitrogen and oxygen atoms in total. The molecule has 1 saturated heterocycles. The zero-order valence-corrected chi connectivity index (χ0v) is 6.89. The number of carbonyl (C=O) groups excluding carboxylic acids is 1. The molecule has 10 heavy (non-hydrogen) atoms. The van der Waals surface area contributed by atoms with Crippen molar-refractivity contribution in [2.24, 2.45) is 0 Å². The van der Waals surface area contributed by atoms with Gasteiger partial charge < -0.3 is 4.48 Å². The molecule has 0 aromatic carbocycles. The van der Waals surface area contributed by atoms with Crippen molar-refractivity contribution in [2.45, 2.75) is 19.8 Å². The van der Waals surface area contributed by atoms with Crippen LogP contribution in [0.1, 0.15) is 19.8 Å². The second-order valence-electron chi connectivity index (χ2n) is 3.63. The number of nitrogens with zero attached hydrogens (tertiary/aromatic N) is 1. The summed E-state index contributed by atoms with van der Waals surface area (Å²) < 4.78 is 0.981. The molecule has 1 fully saturated rings. The Morgan fingerprint density at radius 2 is 1.90 bits per heavy atom. The summed E-state index contributed by atoms with van der Waals surface area (Å²) in [4.78, 5) is 10.8. The first-order chi connectivity index (χ1) is 4.62. The van der Waals surface area contributed by atoms with Crippen LogP contribution in [0.5, 0.6) is 0 Å². The third-order valence-corrected chi connectivity index (χ3v) is 2.25. The molecule has 0 aromatic rings. The second-order valence-corrected chi connectivity index (χ2v) is 3.63. The van der Waals surface area contributed by atoms with Crippen LogP contribution in [0.2, 0.25) is 0 Å². The average molecular weight is 142 g/mol. The molecule has 1 heterocycles. The van der Waals surface area contributed by atoms with Gasteiger partial charge in [-0.1, -0.05) is 0 Å². The molecule has 0 atom stereocenters. The Bertz CT molecular complexity index is 136. The Kier molecular flexibility index (Phi) is 2.09. The van der Waals surface area contributed by atoms with Crippen molar-refractivity contribution in [1.82, 2.24) is 0 Å². The zero-order valence-electron chi connectivity index (χ0n) is 6.89. The summed E-state index contributed by atoms with van der Waals surface area (Å²) in [7, 11) is 2.17. The lowest BCUT2D eigenvalue weighted by Gasteiger charge is -2.27. The van der Waals surface area contributed by atoms with Crippen molar-refractivity contribution < 1.29 is 9.28 Å². The number of ketones is 1. The molecule has 0 aromatic heterocycles. The second kappa shape index (κ2) is 2.70. The van der Waals surface area contributed by atoms with E-state index < -0.39 is 0 Å². The number of rotatable bonds is 2.